The number of carbonyl (C=O) groups is 3. The number of ether oxygens (including phenoxy) is 3. The van der Waals surface area contributed by atoms with Crippen LogP contribution in [0.4, 0.5) is 0 Å². The van der Waals surface area contributed by atoms with Crippen molar-refractivity contribution in [2.75, 3.05) is 13.2 Å². The zero-order chi connectivity index (χ0) is 52.2. The molecular formula is C66H112O6. The molecule has 0 aromatic heterocycles. The van der Waals surface area contributed by atoms with Crippen molar-refractivity contribution in [3.63, 3.8) is 0 Å². The number of allylic oxidation sites excluding steroid dienone is 16. The van der Waals surface area contributed by atoms with E-state index in [0.717, 1.165) is 122 Å². The lowest BCUT2D eigenvalue weighted by atomic mass is 10.0. The fraction of sp³-hybridized carbons (Fsp3) is 0.712. The largest absolute Gasteiger partial charge is 0.462 e. The molecule has 0 aliphatic rings. The maximum Gasteiger partial charge on any atom is 0.306 e. The Bertz CT molecular complexity index is 1430. The van der Waals surface area contributed by atoms with Gasteiger partial charge in [0, 0.05) is 19.3 Å². The quantitative estimate of drug-likeness (QED) is 0.0261. The Morgan fingerprint density at radius 2 is 0.556 bits per heavy atom. The molecule has 0 radical (unpaired) electrons. The van der Waals surface area contributed by atoms with Crippen LogP contribution in [0.25, 0.3) is 0 Å². The average molecular weight is 1000 g/mol. The van der Waals surface area contributed by atoms with E-state index in [1.807, 2.05) is 0 Å². The third-order valence-corrected chi connectivity index (χ3v) is 12.8. The lowest BCUT2D eigenvalue weighted by Crippen LogP contribution is -2.30. The van der Waals surface area contributed by atoms with Crippen LogP contribution < -0.4 is 0 Å². The van der Waals surface area contributed by atoms with Gasteiger partial charge in [-0.05, 0) is 96.3 Å². The molecule has 0 heterocycles. The van der Waals surface area contributed by atoms with E-state index in [9.17, 15) is 14.4 Å². The molecule has 0 aliphatic carbocycles. The summed E-state index contributed by atoms with van der Waals surface area (Å²) in [7, 11) is 0. The second-order valence-electron chi connectivity index (χ2n) is 19.9. The van der Waals surface area contributed by atoms with E-state index >= 15 is 0 Å². The van der Waals surface area contributed by atoms with E-state index in [1.165, 1.54) is 122 Å². The molecule has 0 rings (SSSR count). The maximum atomic E-state index is 12.8. The summed E-state index contributed by atoms with van der Waals surface area (Å²) in [5, 5.41) is 0. The Morgan fingerprint density at radius 1 is 0.292 bits per heavy atom. The number of rotatable bonds is 54. The van der Waals surface area contributed by atoms with Crippen LogP contribution in [0.2, 0.25) is 0 Å². The molecule has 0 saturated heterocycles. The molecule has 1 atom stereocenters. The monoisotopic (exact) mass is 1000 g/mol. The van der Waals surface area contributed by atoms with Crippen molar-refractivity contribution in [3.8, 4) is 0 Å². The molecular weight excluding hydrogens is 889 g/mol. The van der Waals surface area contributed by atoms with Gasteiger partial charge in [-0.25, -0.2) is 0 Å². The van der Waals surface area contributed by atoms with Crippen molar-refractivity contribution in [3.05, 3.63) is 97.2 Å². The third-order valence-electron chi connectivity index (χ3n) is 12.8. The van der Waals surface area contributed by atoms with Gasteiger partial charge in [0.2, 0.25) is 0 Å². The summed E-state index contributed by atoms with van der Waals surface area (Å²) in [6, 6.07) is 0. The number of carbonyl (C=O) groups excluding carboxylic acids is 3. The molecule has 0 bridgehead atoms. The summed E-state index contributed by atoms with van der Waals surface area (Å²) in [5.74, 6) is -0.895. The molecule has 0 aromatic rings. The first kappa shape index (κ1) is 68.3. The van der Waals surface area contributed by atoms with Gasteiger partial charge < -0.3 is 14.2 Å². The van der Waals surface area contributed by atoms with E-state index in [4.69, 9.17) is 14.2 Å². The van der Waals surface area contributed by atoms with Crippen LogP contribution in [0.5, 0.6) is 0 Å². The van der Waals surface area contributed by atoms with Crippen molar-refractivity contribution in [2.45, 2.75) is 290 Å². The molecule has 0 fully saturated rings. The summed E-state index contributed by atoms with van der Waals surface area (Å²) >= 11 is 0. The minimum Gasteiger partial charge on any atom is -0.462 e. The van der Waals surface area contributed by atoms with Crippen molar-refractivity contribution in [2.24, 2.45) is 0 Å². The second-order valence-corrected chi connectivity index (χ2v) is 19.9. The fourth-order valence-electron chi connectivity index (χ4n) is 8.29. The van der Waals surface area contributed by atoms with Gasteiger partial charge in [0.25, 0.3) is 0 Å². The van der Waals surface area contributed by atoms with Gasteiger partial charge in [-0.1, -0.05) is 266 Å². The minimum atomic E-state index is -0.782. The third kappa shape index (κ3) is 57.2. The van der Waals surface area contributed by atoms with Crippen molar-refractivity contribution in [1.82, 2.24) is 0 Å². The van der Waals surface area contributed by atoms with Crippen LogP contribution in [0, 0.1) is 0 Å². The summed E-state index contributed by atoms with van der Waals surface area (Å²) < 4.78 is 16.8. The number of unbranched alkanes of at least 4 members (excludes halogenated alkanes) is 27. The Morgan fingerprint density at radius 3 is 0.889 bits per heavy atom. The van der Waals surface area contributed by atoms with E-state index in [1.54, 1.807) is 0 Å². The first-order chi connectivity index (χ1) is 35.5. The predicted octanol–water partition coefficient (Wildman–Crippen LogP) is 20.5. The molecule has 0 saturated carbocycles. The van der Waals surface area contributed by atoms with Crippen LogP contribution in [0.1, 0.15) is 284 Å². The van der Waals surface area contributed by atoms with Crippen LogP contribution >= 0.6 is 0 Å². The lowest BCUT2D eigenvalue weighted by Gasteiger charge is -2.18. The normalized spacial score (nSPS) is 12.8. The first-order valence-corrected chi connectivity index (χ1v) is 30.2. The van der Waals surface area contributed by atoms with Gasteiger partial charge in [0.15, 0.2) is 6.10 Å². The highest BCUT2D eigenvalue weighted by molar-refractivity contribution is 5.71. The Labute approximate surface area is 445 Å². The van der Waals surface area contributed by atoms with Crippen molar-refractivity contribution < 1.29 is 28.6 Å². The number of hydrogen-bond acceptors (Lipinski definition) is 6. The molecule has 412 valence electrons. The van der Waals surface area contributed by atoms with Crippen LogP contribution in [-0.4, -0.2) is 37.2 Å². The van der Waals surface area contributed by atoms with Crippen LogP contribution in [0.15, 0.2) is 97.2 Å². The maximum absolute atomic E-state index is 12.8. The first-order valence-electron chi connectivity index (χ1n) is 30.2. The van der Waals surface area contributed by atoms with E-state index in [-0.39, 0.29) is 31.1 Å². The van der Waals surface area contributed by atoms with Crippen molar-refractivity contribution >= 4 is 17.9 Å². The highest BCUT2D eigenvalue weighted by Gasteiger charge is 2.19. The van der Waals surface area contributed by atoms with Crippen LogP contribution in [0.3, 0.4) is 0 Å². The van der Waals surface area contributed by atoms with E-state index in [2.05, 4.69) is 118 Å². The number of hydrogen-bond donors (Lipinski definition) is 0. The summed E-state index contributed by atoms with van der Waals surface area (Å²) in [4.78, 5) is 38.0. The highest BCUT2D eigenvalue weighted by atomic mass is 16.6. The Hall–Kier alpha value is -3.67. The lowest BCUT2D eigenvalue weighted by molar-refractivity contribution is -0.167. The molecule has 0 aromatic carbocycles. The van der Waals surface area contributed by atoms with Gasteiger partial charge in [0.1, 0.15) is 13.2 Å². The van der Waals surface area contributed by atoms with Gasteiger partial charge in [0.05, 0.1) is 0 Å². The van der Waals surface area contributed by atoms with E-state index in [0.29, 0.717) is 19.3 Å². The van der Waals surface area contributed by atoms with Crippen molar-refractivity contribution in [1.29, 1.82) is 0 Å². The standard InChI is InChI=1S/C66H112O6/c1-4-7-10-13-16-19-21-23-25-26-27-28-29-30-31-32-33-34-35-36-37-38-39-40-41-43-44-47-50-53-56-59-65(68)71-62-63(61-70-64(67)58-55-52-49-46-18-15-12-9-6-3)72-66(69)60-57-54-51-48-45-42-24-22-20-17-14-11-8-5-2/h7,10,14,16-17,19,22-25,27-28,30-31,33-34,63H,4-6,8-9,11-13,15,18,20-21,26,29,32,35-62H2,1-3H3/b10-7-,17-14-,19-16-,24-22-,25-23-,28-27-,31-30-,34-33-. The average Bonchev–Trinajstić information content (AvgIpc) is 3.38. The summed E-state index contributed by atoms with van der Waals surface area (Å²) in [6.45, 7) is 6.46. The smallest absolute Gasteiger partial charge is 0.306 e. The molecule has 6 heteroatoms. The minimum absolute atomic E-state index is 0.0810. The van der Waals surface area contributed by atoms with Gasteiger partial charge in [-0.15, -0.1) is 0 Å². The second kappa shape index (κ2) is 59.9. The van der Waals surface area contributed by atoms with Gasteiger partial charge in [-0.2, -0.15) is 0 Å². The summed E-state index contributed by atoms with van der Waals surface area (Å²) in [6.07, 6.45) is 79.9. The molecule has 0 spiro atoms. The molecule has 0 amide bonds. The molecule has 72 heavy (non-hydrogen) atoms. The topological polar surface area (TPSA) is 78.9 Å². The Balaban J connectivity index is 4.15. The highest BCUT2D eigenvalue weighted by Crippen LogP contribution is 2.16. The summed E-state index contributed by atoms with van der Waals surface area (Å²) in [5.41, 5.74) is 0. The molecule has 1 unspecified atom stereocenters. The number of esters is 3. The van der Waals surface area contributed by atoms with Gasteiger partial charge >= 0.3 is 17.9 Å². The zero-order valence-corrected chi connectivity index (χ0v) is 47.2. The fourth-order valence-corrected chi connectivity index (χ4v) is 8.29. The van der Waals surface area contributed by atoms with Crippen LogP contribution in [-0.2, 0) is 28.6 Å². The predicted molar refractivity (Wildman–Crippen MR) is 311 cm³/mol. The van der Waals surface area contributed by atoms with E-state index < -0.39 is 6.10 Å². The Kier molecular flexibility index (Phi) is 56.8. The SMILES string of the molecule is CC/C=C\C/C=C\C/C=C\C/C=C\C/C=C\C/C=C\CCCCCCCCCCCCCCC(=O)OCC(COC(=O)CCCCCCCCCCC)OC(=O)CCCCCCC/C=C\C/C=C\CCCC. The molecule has 0 N–H and O–H groups in total. The molecule has 6 nitrogen and oxygen atoms in total. The molecule has 0 aliphatic heterocycles. The zero-order valence-electron chi connectivity index (χ0n) is 47.2. The van der Waals surface area contributed by atoms with Gasteiger partial charge in [-0.3, -0.25) is 14.4 Å².